The molecular weight excluding hydrogens is 198 g/mol. The van der Waals surface area contributed by atoms with E-state index in [4.69, 9.17) is 4.74 Å². The molecule has 0 saturated heterocycles. The Balaban J connectivity index is 1.97. The van der Waals surface area contributed by atoms with Crippen LogP contribution < -0.4 is 10.1 Å². The van der Waals surface area contributed by atoms with E-state index in [-0.39, 0.29) is 0 Å². The molecule has 0 atom stereocenters. The number of nitrogens with one attached hydrogen (secondary N) is 1. The van der Waals surface area contributed by atoms with Crippen LogP contribution in [0.15, 0.2) is 18.2 Å². The average molecular weight is 219 g/mol. The molecule has 88 valence electrons. The van der Waals surface area contributed by atoms with E-state index in [2.05, 4.69) is 30.4 Å². The van der Waals surface area contributed by atoms with Crippen LogP contribution in [0.2, 0.25) is 0 Å². The summed E-state index contributed by atoms with van der Waals surface area (Å²) < 4.78 is 5.75. The van der Waals surface area contributed by atoms with Gasteiger partial charge in [0.05, 0.1) is 12.3 Å². The van der Waals surface area contributed by atoms with Gasteiger partial charge in [-0.1, -0.05) is 31.9 Å². The molecule has 1 N–H and O–H groups in total. The van der Waals surface area contributed by atoms with Crippen molar-refractivity contribution in [3.63, 3.8) is 0 Å². The van der Waals surface area contributed by atoms with Crippen LogP contribution in [-0.2, 0) is 6.42 Å². The van der Waals surface area contributed by atoms with Crippen LogP contribution in [0.25, 0.3) is 0 Å². The van der Waals surface area contributed by atoms with Crippen LogP contribution in [0.4, 0.5) is 5.69 Å². The molecule has 0 unspecified atom stereocenters. The molecule has 1 aromatic rings. The SMILES string of the molecule is CCCCCNc1cccc2c1OCCC2. The Bertz CT molecular complexity index is 336. The average Bonchev–Trinajstić information content (AvgIpc) is 2.35. The Hall–Kier alpha value is -1.18. The first-order chi connectivity index (χ1) is 7.92. The van der Waals surface area contributed by atoms with E-state index < -0.39 is 0 Å². The zero-order valence-corrected chi connectivity index (χ0v) is 10.1. The summed E-state index contributed by atoms with van der Waals surface area (Å²) in [5.41, 5.74) is 2.53. The number of fused-ring (bicyclic) bond motifs is 1. The molecule has 0 aliphatic carbocycles. The number of ether oxygens (including phenoxy) is 1. The molecule has 1 heterocycles. The second kappa shape index (κ2) is 5.78. The fourth-order valence-corrected chi connectivity index (χ4v) is 2.13. The zero-order valence-electron chi connectivity index (χ0n) is 10.1. The van der Waals surface area contributed by atoms with Crippen molar-refractivity contribution in [1.29, 1.82) is 0 Å². The van der Waals surface area contributed by atoms with Crippen molar-refractivity contribution in [2.45, 2.75) is 39.0 Å². The quantitative estimate of drug-likeness (QED) is 0.764. The number of hydrogen-bond donors (Lipinski definition) is 1. The van der Waals surface area contributed by atoms with Crippen LogP contribution in [0.3, 0.4) is 0 Å². The summed E-state index contributed by atoms with van der Waals surface area (Å²) in [6.07, 6.45) is 6.10. The van der Waals surface area contributed by atoms with Crippen molar-refractivity contribution in [2.75, 3.05) is 18.5 Å². The van der Waals surface area contributed by atoms with E-state index in [0.717, 1.165) is 31.7 Å². The van der Waals surface area contributed by atoms with Gasteiger partial charge in [0.15, 0.2) is 0 Å². The van der Waals surface area contributed by atoms with Crippen LogP contribution in [-0.4, -0.2) is 13.2 Å². The van der Waals surface area contributed by atoms with Gasteiger partial charge < -0.3 is 10.1 Å². The van der Waals surface area contributed by atoms with Gasteiger partial charge in [0.1, 0.15) is 5.75 Å². The van der Waals surface area contributed by atoms with E-state index in [1.165, 1.54) is 30.5 Å². The summed E-state index contributed by atoms with van der Waals surface area (Å²) >= 11 is 0. The van der Waals surface area contributed by atoms with Crippen molar-refractivity contribution < 1.29 is 4.74 Å². The first-order valence-corrected chi connectivity index (χ1v) is 6.40. The molecule has 0 radical (unpaired) electrons. The summed E-state index contributed by atoms with van der Waals surface area (Å²) in [6, 6.07) is 6.41. The van der Waals surface area contributed by atoms with Gasteiger partial charge in [-0.3, -0.25) is 0 Å². The molecule has 16 heavy (non-hydrogen) atoms. The lowest BCUT2D eigenvalue weighted by molar-refractivity contribution is 0.290. The van der Waals surface area contributed by atoms with Gasteiger partial charge in [-0.2, -0.15) is 0 Å². The summed E-state index contributed by atoms with van der Waals surface area (Å²) in [5.74, 6) is 1.09. The Kier molecular flexibility index (Phi) is 4.09. The van der Waals surface area contributed by atoms with Crippen molar-refractivity contribution in [3.8, 4) is 5.75 Å². The second-order valence-electron chi connectivity index (χ2n) is 4.38. The molecular formula is C14H21NO. The molecule has 0 bridgehead atoms. The Morgan fingerprint density at radius 1 is 1.31 bits per heavy atom. The van der Waals surface area contributed by atoms with E-state index in [0.29, 0.717) is 0 Å². The van der Waals surface area contributed by atoms with E-state index in [1.54, 1.807) is 0 Å². The number of para-hydroxylation sites is 1. The molecule has 0 spiro atoms. The molecule has 1 aromatic carbocycles. The molecule has 0 amide bonds. The fraction of sp³-hybridized carbons (Fsp3) is 0.571. The normalized spacial score (nSPS) is 14.1. The fourth-order valence-electron chi connectivity index (χ4n) is 2.13. The first kappa shape index (κ1) is 11.3. The van der Waals surface area contributed by atoms with Gasteiger partial charge in [-0.05, 0) is 30.9 Å². The lowest BCUT2D eigenvalue weighted by Gasteiger charge is -2.20. The Labute approximate surface area is 98.0 Å². The van der Waals surface area contributed by atoms with Crippen LogP contribution in [0.5, 0.6) is 5.75 Å². The topological polar surface area (TPSA) is 21.3 Å². The highest BCUT2D eigenvalue weighted by atomic mass is 16.5. The lowest BCUT2D eigenvalue weighted by Crippen LogP contribution is -2.11. The number of benzene rings is 1. The van der Waals surface area contributed by atoms with E-state index in [1.807, 2.05) is 0 Å². The van der Waals surface area contributed by atoms with Crippen molar-refractivity contribution >= 4 is 5.69 Å². The molecule has 2 rings (SSSR count). The maximum absolute atomic E-state index is 5.75. The molecule has 0 aromatic heterocycles. The first-order valence-electron chi connectivity index (χ1n) is 6.40. The van der Waals surface area contributed by atoms with E-state index in [9.17, 15) is 0 Å². The summed E-state index contributed by atoms with van der Waals surface area (Å²) in [7, 11) is 0. The molecule has 1 aliphatic heterocycles. The van der Waals surface area contributed by atoms with Crippen LogP contribution in [0, 0.1) is 0 Å². The molecule has 2 nitrogen and oxygen atoms in total. The summed E-state index contributed by atoms with van der Waals surface area (Å²) in [6.45, 7) is 4.14. The minimum atomic E-state index is 0.862. The monoisotopic (exact) mass is 219 g/mol. The predicted molar refractivity (Wildman–Crippen MR) is 68.3 cm³/mol. The third-order valence-electron chi connectivity index (χ3n) is 3.03. The van der Waals surface area contributed by atoms with Crippen molar-refractivity contribution in [1.82, 2.24) is 0 Å². The largest absolute Gasteiger partial charge is 0.491 e. The maximum atomic E-state index is 5.75. The standard InChI is InChI=1S/C14H21NO/c1-2-3-4-10-15-13-9-5-7-12-8-6-11-16-14(12)13/h5,7,9,15H,2-4,6,8,10-11H2,1H3. The summed E-state index contributed by atoms with van der Waals surface area (Å²) in [5, 5.41) is 3.48. The number of aryl methyl sites for hydroxylation is 1. The number of unbranched alkanes of at least 4 members (excludes halogenated alkanes) is 2. The number of hydrogen-bond acceptors (Lipinski definition) is 2. The third-order valence-corrected chi connectivity index (χ3v) is 3.03. The highest BCUT2D eigenvalue weighted by Crippen LogP contribution is 2.32. The van der Waals surface area contributed by atoms with Gasteiger partial charge >= 0.3 is 0 Å². The van der Waals surface area contributed by atoms with E-state index >= 15 is 0 Å². The van der Waals surface area contributed by atoms with Crippen LogP contribution in [0.1, 0.15) is 38.2 Å². The highest BCUT2D eigenvalue weighted by Gasteiger charge is 2.13. The molecule has 0 fully saturated rings. The molecule has 0 saturated carbocycles. The maximum Gasteiger partial charge on any atom is 0.145 e. The predicted octanol–water partition coefficient (Wildman–Crippen LogP) is 3.61. The minimum absolute atomic E-state index is 0.862. The van der Waals surface area contributed by atoms with Crippen LogP contribution >= 0.6 is 0 Å². The van der Waals surface area contributed by atoms with Gasteiger partial charge in [0.2, 0.25) is 0 Å². The van der Waals surface area contributed by atoms with Gasteiger partial charge in [-0.25, -0.2) is 0 Å². The van der Waals surface area contributed by atoms with Crippen molar-refractivity contribution in [2.24, 2.45) is 0 Å². The van der Waals surface area contributed by atoms with Crippen molar-refractivity contribution in [3.05, 3.63) is 23.8 Å². The smallest absolute Gasteiger partial charge is 0.145 e. The van der Waals surface area contributed by atoms with Gasteiger partial charge in [0, 0.05) is 6.54 Å². The number of rotatable bonds is 5. The lowest BCUT2D eigenvalue weighted by atomic mass is 10.1. The zero-order chi connectivity index (χ0) is 11.2. The minimum Gasteiger partial charge on any atom is -0.491 e. The Morgan fingerprint density at radius 3 is 3.12 bits per heavy atom. The Morgan fingerprint density at radius 2 is 2.25 bits per heavy atom. The second-order valence-corrected chi connectivity index (χ2v) is 4.38. The third kappa shape index (κ3) is 2.69. The molecule has 2 heteroatoms. The van der Waals surface area contributed by atoms with Gasteiger partial charge in [-0.15, -0.1) is 0 Å². The summed E-state index contributed by atoms with van der Waals surface area (Å²) in [4.78, 5) is 0. The number of anilines is 1. The highest BCUT2D eigenvalue weighted by molar-refractivity contribution is 5.60. The van der Waals surface area contributed by atoms with Gasteiger partial charge in [0.25, 0.3) is 0 Å². The molecule has 1 aliphatic rings.